The van der Waals surface area contributed by atoms with Crippen molar-refractivity contribution in [2.24, 2.45) is 0 Å². The summed E-state index contributed by atoms with van der Waals surface area (Å²) in [6, 6.07) is 12.2. The van der Waals surface area contributed by atoms with E-state index < -0.39 is 6.10 Å². The second-order valence-electron chi connectivity index (χ2n) is 4.99. The topological polar surface area (TPSA) is 66.0 Å². The van der Waals surface area contributed by atoms with Gasteiger partial charge in [-0.05, 0) is 43.3 Å². The molecule has 0 spiro atoms. The van der Waals surface area contributed by atoms with E-state index in [2.05, 4.69) is 5.32 Å². The molecule has 0 aliphatic carbocycles. The van der Waals surface area contributed by atoms with Crippen LogP contribution in [0.25, 0.3) is 0 Å². The van der Waals surface area contributed by atoms with Crippen LogP contribution in [0.3, 0.4) is 0 Å². The van der Waals surface area contributed by atoms with E-state index in [-0.39, 0.29) is 5.91 Å². The molecule has 0 aliphatic rings. The maximum Gasteiger partial charge on any atom is 0.265 e. The van der Waals surface area contributed by atoms with Crippen LogP contribution in [0.2, 0.25) is 0 Å². The van der Waals surface area contributed by atoms with Crippen molar-refractivity contribution in [1.82, 2.24) is 0 Å². The SMILES string of the molecule is COc1ccc(O[C@@H](C)C(=O)Nc2ccc(OC)cc2OC)cc1. The number of rotatable bonds is 7. The highest BCUT2D eigenvalue weighted by Crippen LogP contribution is 2.29. The van der Waals surface area contributed by atoms with Crippen molar-refractivity contribution in [1.29, 1.82) is 0 Å². The summed E-state index contributed by atoms with van der Waals surface area (Å²) in [5, 5.41) is 2.79. The zero-order valence-corrected chi connectivity index (χ0v) is 14.2. The van der Waals surface area contributed by atoms with Gasteiger partial charge in [-0.25, -0.2) is 0 Å². The Hall–Kier alpha value is -2.89. The Labute approximate surface area is 141 Å². The minimum Gasteiger partial charge on any atom is -0.497 e. The molecule has 2 aromatic rings. The molecular weight excluding hydrogens is 310 g/mol. The molecule has 128 valence electrons. The highest BCUT2D eigenvalue weighted by atomic mass is 16.5. The van der Waals surface area contributed by atoms with Gasteiger partial charge in [-0.15, -0.1) is 0 Å². The summed E-state index contributed by atoms with van der Waals surface area (Å²) in [5.41, 5.74) is 0.550. The molecule has 0 unspecified atom stereocenters. The summed E-state index contributed by atoms with van der Waals surface area (Å²) >= 11 is 0. The molecule has 1 atom stereocenters. The number of hydrogen-bond donors (Lipinski definition) is 1. The standard InChI is InChI=1S/C18H21NO5/c1-12(24-14-7-5-13(21-2)6-8-14)18(20)19-16-10-9-15(22-3)11-17(16)23-4/h5-12H,1-4H3,(H,19,20)/t12-/m0/s1. The molecule has 2 aromatic carbocycles. The van der Waals surface area contributed by atoms with E-state index in [1.807, 2.05) is 0 Å². The Morgan fingerprint density at radius 1 is 0.875 bits per heavy atom. The predicted octanol–water partition coefficient (Wildman–Crippen LogP) is 3.12. The number of hydrogen-bond acceptors (Lipinski definition) is 5. The van der Waals surface area contributed by atoms with Crippen molar-refractivity contribution in [3.8, 4) is 23.0 Å². The quantitative estimate of drug-likeness (QED) is 0.844. The highest BCUT2D eigenvalue weighted by molar-refractivity contribution is 5.95. The van der Waals surface area contributed by atoms with Crippen LogP contribution in [-0.2, 0) is 4.79 Å². The minimum absolute atomic E-state index is 0.283. The second-order valence-corrected chi connectivity index (χ2v) is 4.99. The van der Waals surface area contributed by atoms with Crippen LogP contribution in [0.5, 0.6) is 23.0 Å². The first kappa shape index (κ1) is 17.5. The van der Waals surface area contributed by atoms with E-state index in [0.717, 1.165) is 5.75 Å². The van der Waals surface area contributed by atoms with Crippen molar-refractivity contribution >= 4 is 11.6 Å². The maximum absolute atomic E-state index is 12.3. The van der Waals surface area contributed by atoms with Gasteiger partial charge in [-0.2, -0.15) is 0 Å². The largest absolute Gasteiger partial charge is 0.497 e. The molecule has 6 nitrogen and oxygen atoms in total. The first-order valence-corrected chi connectivity index (χ1v) is 7.41. The number of ether oxygens (including phenoxy) is 4. The van der Waals surface area contributed by atoms with E-state index in [4.69, 9.17) is 18.9 Å². The Bertz CT molecular complexity index is 684. The number of benzene rings is 2. The van der Waals surface area contributed by atoms with Crippen molar-refractivity contribution in [3.05, 3.63) is 42.5 Å². The van der Waals surface area contributed by atoms with Crippen LogP contribution in [0.1, 0.15) is 6.92 Å². The molecule has 0 saturated heterocycles. The second kappa shape index (κ2) is 8.10. The van der Waals surface area contributed by atoms with Gasteiger partial charge in [-0.1, -0.05) is 0 Å². The number of anilines is 1. The summed E-state index contributed by atoms with van der Waals surface area (Å²) in [6.07, 6.45) is -0.676. The molecule has 0 fully saturated rings. The van der Waals surface area contributed by atoms with Crippen molar-refractivity contribution in [3.63, 3.8) is 0 Å². The fourth-order valence-corrected chi connectivity index (χ4v) is 2.05. The van der Waals surface area contributed by atoms with Crippen molar-refractivity contribution in [2.45, 2.75) is 13.0 Å². The van der Waals surface area contributed by atoms with Crippen LogP contribution >= 0.6 is 0 Å². The van der Waals surface area contributed by atoms with Gasteiger partial charge in [0.05, 0.1) is 27.0 Å². The predicted molar refractivity (Wildman–Crippen MR) is 91.3 cm³/mol. The molecule has 0 radical (unpaired) electrons. The van der Waals surface area contributed by atoms with Gasteiger partial charge >= 0.3 is 0 Å². The summed E-state index contributed by atoms with van der Waals surface area (Å²) in [4.78, 5) is 12.3. The van der Waals surface area contributed by atoms with Crippen LogP contribution < -0.4 is 24.3 Å². The smallest absolute Gasteiger partial charge is 0.265 e. The van der Waals surface area contributed by atoms with Gasteiger partial charge in [-0.3, -0.25) is 4.79 Å². The molecule has 1 amide bonds. The van der Waals surface area contributed by atoms with Crippen LogP contribution in [0, 0.1) is 0 Å². The normalized spacial score (nSPS) is 11.3. The minimum atomic E-state index is -0.676. The third-order valence-electron chi connectivity index (χ3n) is 3.41. The lowest BCUT2D eigenvalue weighted by atomic mass is 10.2. The third kappa shape index (κ3) is 4.32. The molecule has 0 heterocycles. The van der Waals surface area contributed by atoms with Crippen molar-refractivity contribution in [2.75, 3.05) is 26.6 Å². The summed E-state index contributed by atoms with van der Waals surface area (Å²) < 4.78 is 21.1. The average Bonchev–Trinajstić information content (AvgIpc) is 2.62. The molecule has 2 rings (SSSR count). The number of methoxy groups -OCH3 is 3. The van der Waals surface area contributed by atoms with Gasteiger partial charge in [0.1, 0.15) is 23.0 Å². The maximum atomic E-state index is 12.3. The van der Waals surface area contributed by atoms with Crippen LogP contribution in [0.4, 0.5) is 5.69 Å². The van der Waals surface area contributed by atoms with Gasteiger partial charge in [0.15, 0.2) is 6.10 Å². The van der Waals surface area contributed by atoms with E-state index in [9.17, 15) is 4.79 Å². The lowest BCUT2D eigenvalue weighted by molar-refractivity contribution is -0.122. The van der Waals surface area contributed by atoms with E-state index in [1.54, 1.807) is 63.6 Å². The summed E-state index contributed by atoms with van der Waals surface area (Å²) in [5.74, 6) is 2.18. The molecule has 0 aliphatic heterocycles. The van der Waals surface area contributed by atoms with Crippen LogP contribution in [-0.4, -0.2) is 33.3 Å². The molecular formula is C18H21NO5. The Balaban J connectivity index is 2.02. The number of carbonyl (C=O) groups excluding carboxylic acids is 1. The molecule has 0 bridgehead atoms. The van der Waals surface area contributed by atoms with Gasteiger partial charge < -0.3 is 24.3 Å². The lowest BCUT2D eigenvalue weighted by Gasteiger charge is -2.16. The average molecular weight is 331 g/mol. The molecule has 0 aromatic heterocycles. The molecule has 1 N–H and O–H groups in total. The number of carbonyl (C=O) groups is 1. The number of amides is 1. The lowest BCUT2D eigenvalue weighted by Crippen LogP contribution is -2.30. The van der Waals surface area contributed by atoms with Gasteiger partial charge in [0.2, 0.25) is 0 Å². The zero-order chi connectivity index (χ0) is 17.5. The van der Waals surface area contributed by atoms with Gasteiger partial charge in [0.25, 0.3) is 5.91 Å². The summed E-state index contributed by atoms with van der Waals surface area (Å²) in [6.45, 7) is 1.68. The Kier molecular flexibility index (Phi) is 5.89. The monoisotopic (exact) mass is 331 g/mol. The third-order valence-corrected chi connectivity index (χ3v) is 3.41. The first-order chi connectivity index (χ1) is 11.6. The highest BCUT2D eigenvalue weighted by Gasteiger charge is 2.17. The Morgan fingerprint density at radius 3 is 2.04 bits per heavy atom. The molecule has 24 heavy (non-hydrogen) atoms. The summed E-state index contributed by atoms with van der Waals surface area (Å²) in [7, 11) is 4.69. The Morgan fingerprint density at radius 2 is 1.46 bits per heavy atom. The molecule has 6 heteroatoms. The van der Waals surface area contributed by atoms with E-state index >= 15 is 0 Å². The molecule has 0 saturated carbocycles. The van der Waals surface area contributed by atoms with Gasteiger partial charge in [0, 0.05) is 6.07 Å². The van der Waals surface area contributed by atoms with Crippen LogP contribution in [0.15, 0.2) is 42.5 Å². The van der Waals surface area contributed by atoms with Crippen molar-refractivity contribution < 1.29 is 23.7 Å². The fraction of sp³-hybridized carbons (Fsp3) is 0.278. The zero-order valence-electron chi connectivity index (χ0n) is 14.2. The number of nitrogens with one attached hydrogen (secondary N) is 1. The fourth-order valence-electron chi connectivity index (χ4n) is 2.05. The van der Waals surface area contributed by atoms with E-state index in [1.165, 1.54) is 7.11 Å². The van der Waals surface area contributed by atoms with E-state index in [0.29, 0.717) is 22.9 Å². The first-order valence-electron chi connectivity index (χ1n) is 7.41.